The van der Waals surface area contributed by atoms with E-state index in [1.165, 1.54) is 5.56 Å². The summed E-state index contributed by atoms with van der Waals surface area (Å²) in [7, 11) is 7.02. The molecular weight excluding hydrogens is 407 g/mol. The Morgan fingerprint density at radius 1 is 1.26 bits per heavy atom. The smallest absolute Gasteiger partial charge is 0.190 e. The van der Waals surface area contributed by atoms with Gasteiger partial charge in [-0.05, 0) is 24.1 Å². The average Bonchev–Trinajstić information content (AvgIpc) is 2.99. The Bertz CT molecular complexity index is 503. The van der Waals surface area contributed by atoms with E-state index in [2.05, 4.69) is 32.7 Å². The number of guanidine groups is 1. The summed E-state index contributed by atoms with van der Waals surface area (Å²) in [6, 6.07) is 6.46. The van der Waals surface area contributed by atoms with E-state index in [0.717, 1.165) is 43.5 Å². The minimum Gasteiger partial charge on any atom is -0.497 e. The minimum atomic E-state index is 0. The van der Waals surface area contributed by atoms with Gasteiger partial charge in [0.2, 0.25) is 0 Å². The summed E-state index contributed by atoms with van der Waals surface area (Å²) in [6.07, 6.45) is 1.11. The molecule has 1 heterocycles. The van der Waals surface area contributed by atoms with Crippen molar-refractivity contribution in [2.45, 2.75) is 19.0 Å². The Hall–Kier alpha value is -1.22. The Kier molecular flexibility index (Phi) is 8.46. The zero-order valence-electron chi connectivity index (χ0n) is 14.3. The first-order valence-electron chi connectivity index (χ1n) is 7.54. The van der Waals surface area contributed by atoms with Crippen molar-refractivity contribution in [3.8, 4) is 11.5 Å². The Morgan fingerprint density at radius 2 is 1.91 bits per heavy atom. The molecule has 1 fully saturated rings. The van der Waals surface area contributed by atoms with E-state index in [4.69, 9.17) is 9.47 Å². The number of nitrogens with zero attached hydrogens (tertiary/aromatic N) is 2. The van der Waals surface area contributed by atoms with Crippen LogP contribution in [-0.4, -0.2) is 58.3 Å². The predicted molar refractivity (Wildman–Crippen MR) is 104 cm³/mol. The minimum absolute atomic E-state index is 0. The lowest BCUT2D eigenvalue weighted by atomic mass is 10.2. The fourth-order valence-corrected chi connectivity index (χ4v) is 2.75. The fraction of sp³-hybridized carbons (Fsp3) is 0.562. The third-order valence-electron chi connectivity index (χ3n) is 3.89. The Morgan fingerprint density at radius 3 is 2.43 bits per heavy atom. The van der Waals surface area contributed by atoms with Gasteiger partial charge in [-0.3, -0.25) is 9.89 Å². The van der Waals surface area contributed by atoms with Crippen LogP contribution >= 0.6 is 24.0 Å². The van der Waals surface area contributed by atoms with Crippen molar-refractivity contribution in [1.82, 2.24) is 15.5 Å². The standard InChI is InChI=1S/C16H26N4O2.HI/c1-17-16(18-2)19-13-5-6-20(11-13)10-12-7-14(21-3)9-15(8-12)22-4;/h7-9,13H,5-6,10-11H2,1-4H3,(H2,17,18,19);1H. The molecule has 0 spiro atoms. The molecule has 0 bridgehead atoms. The molecule has 1 aliphatic heterocycles. The van der Waals surface area contributed by atoms with Crippen molar-refractivity contribution in [3.05, 3.63) is 23.8 Å². The number of hydrogen-bond acceptors (Lipinski definition) is 4. The quantitative estimate of drug-likeness (QED) is 0.420. The molecule has 6 nitrogen and oxygen atoms in total. The van der Waals surface area contributed by atoms with Gasteiger partial charge in [-0.1, -0.05) is 0 Å². The summed E-state index contributed by atoms with van der Waals surface area (Å²) < 4.78 is 10.7. The number of ether oxygens (including phenoxy) is 2. The number of aliphatic imine (C=N–C) groups is 1. The van der Waals surface area contributed by atoms with Crippen molar-refractivity contribution < 1.29 is 9.47 Å². The van der Waals surface area contributed by atoms with Crippen LogP contribution in [0, 0.1) is 0 Å². The van der Waals surface area contributed by atoms with Gasteiger partial charge in [-0.25, -0.2) is 0 Å². The first kappa shape index (κ1) is 19.8. The highest BCUT2D eigenvalue weighted by Crippen LogP contribution is 2.24. The molecule has 1 atom stereocenters. The molecule has 23 heavy (non-hydrogen) atoms. The lowest BCUT2D eigenvalue weighted by Crippen LogP contribution is -2.43. The van der Waals surface area contributed by atoms with E-state index in [0.29, 0.717) is 6.04 Å². The van der Waals surface area contributed by atoms with Gasteiger partial charge in [0.15, 0.2) is 5.96 Å². The van der Waals surface area contributed by atoms with Gasteiger partial charge < -0.3 is 20.1 Å². The number of benzene rings is 1. The Labute approximate surface area is 155 Å². The summed E-state index contributed by atoms with van der Waals surface area (Å²) in [4.78, 5) is 6.59. The third kappa shape index (κ3) is 5.72. The maximum atomic E-state index is 5.33. The van der Waals surface area contributed by atoms with E-state index in [1.54, 1.807) is 21.3 Å². The average molecular weight is 434 g/mol. The number of hydrogen-bond donors (Lipinski definition) is 2. The van der Waals surface area contributed by atoms with E-state index in [-0.39, 0.29) is 24.0 Å². The SMILES string of the molecule is CN=C(NC)NC1CCN(Cc2cc(OC)cc(OC)c2)C1.I. The molecule has 0 amide bonds. The molecular formula is C16H27IN4O2. The van der Waals surface area contributed by atoms with Crippen molar-refractivity contribution in [3.63, 3.8) is 0 Å². The highest BCUT2D eigenvalue weighted by molar-refractivity contribution is 14.0. The van der Waals surface area contributed by atoms with E-state index < -0.39 is 0 Å². The molecule has 0 aromatic heterocycles. The summed E-state index contributed by atoms with van der Waals surface area (Å²) in [6.45, 7) is 2.96. The van der Waals surface area contributed by atoms with Gasteiger partial charge in [0.25, 0.3) is 0 Å². The molecule has 7 heteroatoms. The second-order valence-electron chi connectivity index (χ2n) is 5.41. The van der Waals surface area contributed by atoms with Crippen LogP contribution in [-0.2, 0) is 6.54 Å². The Balaban J connectivity index is 0.00000264. The van der Waals surface area contributed by atoms with Crippen LogP contribution in [0.2, 0.25) is 0 Å². The largest absolute Gasteiger partial charge is 0.497 e. The van der Waals surface area contributed by atoms with Crippen LogP contribution in [0.4, 0.5) is 0 Å². The molecule has 1 aromatic rings. The van der Waals surface area contributed by atoms with Gasteiger partial charge in [0, 0.05) is 45.8 Å². The summed E-state index contributed by atoms with van der Waals surface area (Å²) in [5, 5.41) is 6.48. The van der Waals surface area contributed by atoms with Crippen LogP contribution in [0.5, 0.6) is 11.5 Å². The zero-order chi connectivity index (χ0) is 15.9. The molecule has 0 aliphatic carbocycles. The second kappa shape index (κ2) is 9.82. The van der Waals surface area contributed by atoms with Crippen LogP contribution < -0.4 is 20.1 Å². The van der Waals surface area contributed by atoms with E-state index in [9.17, 15) is 0 Å². The first-order valence-corrected chi connectivity index (χ1v) is 7.54. The summed E-state index contributed by atoms with van der Waals surface area (Å²) in [5.74, 6) is 2.51. The molecule has 2 N–H and O–H groups in total. The molecule has 0 radical (unpaired) electrons. The first-order chi connectivity index (χ1) is 10.7. The topological polar surface area (TPSA) is 58.1 Å². The van der Waals surface area contributed by atoms with Crippen molar-refractivity contribution >= 4 is 29.9 Å². The van der Waals surface area contributed by atoms with Crippen molar-refractivity contribution in [2.24, 2.45) is 4.99 Å². The van der Waals surface area contributed by atoms with Gasteiger partial charge in [0.1, 0.15) is 11.5 Å². The van der Waals surface area contributed by atoms with Crippen molar-refractivity contribution in [2.75, 3.05) is 41.4 Å². The number of nitrogens with one attached hydrogen (secondary N) is 2. The normalized spacial score (nSPS) is 18.3. The monoisotopic (exact) mass is 434 g/mol. The lowest BCUT2D eigenvalue weighted by Gasteiger charge is -2.18. The van der Waals surface area contributed by atoms with Crippen LogP contribution in [0.25, 0.3) is 0 Å². The third-order valence-corrected chi connectivity index (χ3v) is 3.89. The van der Waals surface area contributed by atoms with Gasteiger partial charge in [-0.15, -0.1) is 24.0 Å². The molecule has 1 unspecified atom stereocenters. The van der Waals surface area contributed by atoms with Crippen LogP contribution in [0.1, 0.15) is 12.0 Å². The maximum absolute atomic E-state index is 5.33. The highest BCUT2D eigenvalue weighted by atomic mass is 127. The molecule has 1 saturated heterocycles. The number of likely N-dealkylation sites (tertiary alicyclic amines) is 1. The van der Waals surface area contributed by atoms with Crippen LogP contribution in [0.15, 0.2) is 23.2 Å². The van der Waals surface area contributed by atoms with Crippen molar-refractivity contribution in [1.29, 1.82) is 0 Å². The van der Waals surface area contributed by atoms with E-state index in [1.807, 2.05) is 13.1 Å². The number of halogens is 1. The lowest BCUT2D eigenvalue weighted by molar-refractivity contribution is 0.322. The molecule has 130 valence electrons. The van der Waals surface area contributed by atoms with Gasteiger partial charge in [0.05, 0.1) is 14.2 Å². The number of methoxy groups -OCH3 is 2. The molecule has 1 aliphatic rings. The molecule has 2 rings (SSSR count). The maximum Gasteiger partial charge on any atom is 0.190 e. The van der Waals surface area contributed by atoms with Crippen LogP contribution in [0.3, 0.4) is 0 Å². The summed E-state index contributed by atoms with van der Waals surface area (Å²) >= 11 is 0. The van der Waals surface area contributed by atoms with Gasteiger partial charge >= 0.3 is 0 Å². The zero-order valence-corrected chi connectivity index (χ0v) is 16.6. The molecule has 1 aromatic carbocycles. The second-order valence-corrected chi connectivity index (χ2v) is 5.41. The predicted octanol–water partition coefficient (Wildman–Crippen LogP) is 1.69. The fourth-order valence-electron chi connectivity index (χ4n) is 2.75. The molecule has 0 saturated carbocycles. The number of rotatable bonds is 5. The van der Waals surface area contributed by atoms with Gasteiger partial charge in [-0.2, -0.15) is 0 Å². The van der Waals surface area contributed by atoms with E-state index >= 15 is 0 Å². The highest BCUT2D eigenvalue weighted by Gasteiger charge is 2.23. The summed E-state index contributed by atoms with van der Waals surface area (Å²) in [5.41, 5.74) is 1.20.